The molecule has 1 rings (SSSR count). The number of aryl methyl sites for hydroxylation is 1. The third-order valence-corrected chi connectivity index (χ3v) is 3.59. The highest BCUT2D eigenvalue weighted by Crippen LogP contribution is 2.17. The summed E-state index contributed by atoms with van der Waals surface area (Å²) in [5, 5.41) is 8.27. The van der Waals surface area contributed by atoms with E-state index in [9.17, 15) is 0 Å². The van der Waals surface area contributed by atoms with Gasteiger partial charge in [0.25, 0.3) is 0 Å². The van der Waals surface area contributed by atoms with Crippen molar-refractivity contribution in [1.29, 1.82) is 0 Å². The van der Waals surface area contributed by atoms with Gasteiger partial charge >= 0.3 is 0 Å². The van der Waals surface area contributed by atoms with Gasteiger partial charge in [0.15, 0.2) is 0 Å². The van der Waals surface area contributed by atoms with Crippen LogP contribution < -0.4 is 5.32 Å². The molecule has 1 atom stereocenters. The van der Waals surface area contributed by atoms with Gasteiger partial charge in [-0.25, -0.2) is 0 Å². The zero-order chi connectivity index (χ0) is 14.6. The third kappa shape index (κ3) is 4.98. The molecular weight excluding hydrogens is 234 g/mol. The predicted octanol–water partition coefficient (Wildman–Crippen LogP) is 3.82. The topological polar surface area (TPSA) is 29.9 Å². The lowest BCUT2D eigenvalue weighted by Gasteiger charge is -2.20. The maximum Gasteiger partial charge on any atom is 0.0641 e. The molecular formula is C16H31N3. The Kier molecular flexibility index (Phi) is 5.60. The summed E-state index contributed by atoms with van der Waals surface area (Å²) in [7, 11) is 0. The van der Waals surface area contributed by atoms with Gasteiger partial charge in [-0.15, -0.1) is 0 Å². The van der Waals surface area contributed by atoms with E-state index in [0.717, 1.165) is 18.8 Å². The number of nitrogens with zero attached hydrogens (tertiary/aromatic N) is 2. The SMILES string of the molecule is CCCC(C)Cn1nc(C)c(CNC(C)(C)C)c1C. The van der Waals surface area contributed by atoms with Gasteiger partial charge < -0.3 is 5.32 Å². The van der Waals surface area contributed by atoms with Crippen LogP contribution in [0.15, 0.2) is 0 Å². The molecule has 0 aliphatic carbocycles. The molecule has 0 saturated heterocycles. The van der Waals surface area contributed by atoms with Crippen molar-refractivity contribution in [3.8, 4) is 0 Å². The van der Waals surface area contributed by atoms with Crippen LogP contribution in [-0.2, 0) is 13.1 Å². The van der Waals surface area contributed by atoms with Crippen LogP contribution in [0.25, 0.3) is 0 Å². The third-order valence-electron chi connectivity index (χ3n) is 3.59. The van der Waals surface area contributed by atoms with Crippen LogP contribution in [0.3, 0.4) is 0 Å². The van der Waals surface area contributed by atoms with Crippen molar-refractivity contribution in [2.24, 2.45) is 5.92 Å². The van der Waals surface area contributed by atoms with E-state index in [-0.39, 0.29) is 5.54 Å². The van der Waals surface area contributed by atoms with Gasteiger partial charge in [-0.3, -0.25) is 4.68 Å². The van der Waals surface area contributed by atoms with Gasteiger partial charge in [0, 0.05) is 29.9 Å². The van der Waals surface area contributed by atoms with E-state index >= 15 is 0 Å². The van der Waals surface area contributed by atoms with Crippen molar-refractivity contribution in [2.75, 3.05) is 0 Å². The fourth-order valence-electron chi connectivity index (χ4n) is 2.40. The van der Waals surface area contributed by atoms with Gasteiger partial charge in [-0.2, -0.15) is 5.10 Å². The largest absolute Gasteiger partial charge is 0.308 e. The Morgan fingerprint density at radius 2 is 1.89 bits per heavy atom. The van der Waals surface area contributed by atoms with Crippen molar-refractivity contribution >= 4 is 0 Å². The Balaban J connectivity index is 2.76. The lowest BCUT2D eigenvalue weighted by atomic mass is 10.1. The Morgan fingerprint density at radius 1 is 1.26 bits per heavy atom. The second kappa shape index (κ2) is 6.56. The van der Waals surface area contributed by atoms with Crippen molar-refractivity contribution in [2.45, 2.75) is 79.9 Å². The van der Waals surface area contributed by atoms with E-state index in [0.29, 0.717) is 5.92 Å². The highest BCUT2D eigenvalue weighted by atomic mass is 15.3. The number of nitrogens with one attached hydrogen (secondary N) is 1. The van der Waals surface area contributed by atoms with Crippen LogP contribution >= 0.6 is 0 Å². The number of hydrogen-bond acceptors (Lipinski definition) is 2. The number of aromatic nitrogens is 2. The van der Waals surface area contributed by atoms with E-state index in [2.05, 4.69) is 58.5 Å². The van der Waals surface area contributed by atoms with Crippen molar-refractivity contribution in [3.05, 3.63) is 17.0 Å². The second-order valence-corrected chi connectivity index (χ2v) is 6.83. The molecule has 1 unspecified atom stereocenters. The molecule has 1 heterocycles. The quantitative estimate of drug-likeness (QED) is 0.847. The molecule has 19 heavy (non-hydrogen) atoms. The van der Waals surface area contributed by atoms with Gasteiger partial charge in [0.1, 0.15) is 0 Å². The van der Waals surface area contributed by atoms with Crippen molar-refractivity contribution in [3.63, 3.8) is 0 Å². The lowest BCUT2D eigenvalue weighted by Crippen LogP contribution is -2.35. The average Bonchev–Trinajstić information content (AvgIpc) is 2.51. The van der Waals surface area contributed by atoms with E-state index in [1.807, 2.05) is 0 Å². The van der Waals surface area contributed by atoms with E-state index in [1.54, 1.807) is 0 Å². The molecule has 0 amide bonds. The first-order valence-corrected chi connectivity index (χ1v) is 7.52. The maximum absolute atomic E-state index is 4.71. The molecule has 0 aliphatic heterocycles. The van der Waals surface area contributed by atoms with Crippen LogP contribution in [0.4, 0.5) is 0 Å². The van der Waals surface area contributed by atoms with E-state index in [1.165, 1.54) is 24.1 Å². The molecule has 1 N–H and O–H groups in total. The minimum atomic E-state index is 0.149. The summed E-state index contributed by atoms with van der Waals surface area (Å²) in [4.78, 5) is 0. The molecule has 0 fully saturated rings. The van der Waals surface area contributed by atoms with Crippen LogP contribution in [0.2, 0.25) is 0 Å². The molecule has 3 heteroatoms. The first-order valence-electron chi connectivity index (χ1n) is 7.52. The van der Waals surface area contributed by atoms with Gasteiger partial charge in [0.2, 0.25) is 0 Å². The van der Waals surface area contributed by atoms with Gasteiger partial charge in [0.05, 0.1) is 5.69 Å². The summed E-state index contributed by atoms with van der Waals surface area (Å²) < 4.78 is 2.19. The average molecular weight is 265 g/mol. The lowest BCUT2D eigenvalue weighted by molar-refractivity contribution is 0.411. The Labute approximate surface area is 118 Å². The minimum absolute atomic E-state index is 0.149. The van der Waals surface area contributed by atoms with Crippen molar-refractivity contribution in [1.82, 2.24) is 15.1 Å². The van der Waals surface area contributed by atoms with Crippen LogP contribution in [0, 0.1) is 19.8 Å². The molecule has 0 radical (unpaired) electrons. The number of hydrogen-bond donors (Lipinski definition) is 1. The first-order chi connectivity index (χ1) is 8.74. The first kappa shape index (κ1) is 16.2. The molecule has 3 nitrogen and oxygen atoms in total. The van der Waals surface area contributed by atoms with Crippen molar-refractivity contribution < 1.29 is 0 Å². The summed E-state index contributed by atoms with van der Waals surface area (Å²) in [6, 6.07) is 0. The summed E-state index contributed by atoms with van der Waals surface area (Å²) in [5.41, 5.74) is 3.99. The second-order valence-electron chi connectivity index (χ2n) is 6.83. The van der Waals surface area contributed by atoms with Gasteiger partial charge in [-0.1, -0.05) is 20.3 Å². The normalized spacial score (nSPS) is 13.8. The highest BCUT2D eigenvalue weighted by molar-refractivity contribution is 5.24. The molecule has 0 spiro atoms. The molecule has 0 aromatic carbocycles. The maximum atomic E-state index is 4.71. The smallest absolute Gasteiger partial charge is 0.0641 e. The summed E-state index contributed by atoms with van der Waals surface area (Å²) >= 11 is 0. The van der Waals surface area contributed by atoms with E-state index in [4.69, 9.17) is 5.10 Å². The summed E-state index contributed by atoms with van der Waals surface area (Å²) in [6.07, 6.45) is 2.52. The molecule has 0 saturated carbocycles. The summed E-state index contributed by atoms with van der Waals surface area (Å²) in [6.45, 7) is 17.4. The minimum Gasteiger partial charge on any atom is -0.308 e. The Morgan fingerprint density at radius 3 is 2.42 bits per heavy atom. The van der Waals surface area contributed by atoms with Crippen LogP contribution in [0.1, 0.15) is 64.4 Å². The molecule has 1 aromatic heterocycles. The van der Waals surface area contributed by atoms with Crippen LogP contribution in [0.5, 0.6) is 0 Å². The Hall–Kier alpha value is -0.830. The fourth-order valence-corrected chi connectivity index (χ4v) is 2.40. The van der Waals surface area contributed by atoms with Gasteiger partial charge in [-0.05, 0) is 47.0 Å². The van der Waals surface area contributed by atoms with E-state index < -0.39 is 0 Å². The molecule has 1 aromatic rings. The molecule has 0 aliphatic rings. The molecule has 0 bridgehead atoms. The number of rotatable bonds is 6. The Bertz CT molecular complexity index is 399. The molecule has 110 valence electrons. The summed E-state index contributed by atoms with van der Waals surface area (Å²) in [5.74, 6) is 0.700. The zero-order valence-electron chi connectivity index (χ0n) is 13.8. The zero-order valence-corrected chi connectivity index (χ0v) is 13.8. The predicted molar refractivity (Wildman–Crippen MR) is 82.4 cm³/mol. The van der Waals surface area contributed by atoms with Crippen LogP contribution in [-0.4, -0.2) is 15.3 Å². The fraction of sp³-hybridized carbons (Fsp3) is 0.812. The highest BCUT2D eigenvalue weighted by Gasteiger charge is 2.15. The standard InChI is InChI=1S/C16H31N3/c1-8-9-12(2)11-19-14(4)15(13(3)18-19)10-17-16(5,6)7/h12,17H,8-11H2,1-7H3. The monoisotopic (exact) mass is 265 g/mol.